The Labute approximate surface area is 177 Å². The van der Waals surface area contributed by atoms with Gasteiger partial charge in [-0.1, -0.05) is 70.1 Å². The van der Waals surface area contributed by atoms with Gasteiger partial charge in [0.15, 0.2) is 5.78 Å². The quantitative estimate of drug-likeness (QED) is 0.155. The molecule has 0 heterocycles. The van der Waals surface area contributed by atoms with E-state index < -0.39 is 0 Å². The van der Waals surface area contributed by atoms with Crippen LogP contribution in [0.3, 0.4) is 0 Å². The Morgan fingerprint density at radius 1 is 1.03 bits per heavy atom. The van der Waals surface area contributed by atoms with E-state index in [4.69, 9.17) is 4.74 Å². The number of carbonyl (C=O) groups excluding carboxylic acids is 2. The lowest BCUT2D eigenvalue weighted by Gasteiger charge is -2.25. The van der Waals surface area contributed by atoms with Crippen molar-refractivity contribution in [3.8, 4) is 0 Å². The molecule has 162 valence electrons. The van der Waals surface area contributed by atoms with Crippen LogP contribution in [-0.4, -0.2) is 18.9 Å². The molecule has 0 radical (unpaired) electrons. The fraction of sp³-hybridized carbons (Fsp3) is 0.769. The summed E-state index contributed by atoms with van der Waals surface area (Å²) in [6, 6.07) is 0. The van der Waals surface area contributed by atoms with E-state index in [0.29, 0.717) is 35.9 Å². The Kier molecular flexibility index (Phi) is 8.56. The Hall–Kier alpha value is -1.38. The van der Waals surface area contributed by atoms with Gasteiger partial charge in [-0.3, -0.25) is 9.59 Å². The van der Waals surface area contributed by atoms with Crippen LogP contribution in [0.1, 0.15) is 90.4 Å². The van der Waals surface area contributed by atoms with Crippen molar-refractivity contribution in [1.82, 2.24) is 0 Å². The fourth-order valence-corrected chi connectivity index (χ4v) is 6.06. The highest BCUT2D eigenvalue weighted by Gasteiger charge is 2.57. The van der Waals surface area contributed by atoms with Gasteiger partial charge in [0.25, 0.3) is 0 Å². The minimum Gasteiger partial charge on any atom is -0.469 e. The van der Waals surface area contributed by atoms with Crippen LogP contribution in [0.5, 0.6) is 0 Å². The monoisotopic (exact) mass is 400 g/mol. The molecular formula is C26H40O3. The van der Waals surface area contributed by atoms with Crippen molar-refractivity contribution in [1.29, 1.82) is 0 Å². The SMILES string of the molecule is CCCCCCCC[C@@H]1/C(=C\CCCCCC(=O)OC)C(=O)[C@@H]2[C@H]1[C@H]1C=C[C@@H]2C1. The Morgan fingerprint density at radius 2 is 1.76 bits per heavy atom. The Bertz CT molecular complexity index is 617. The Morgan fingerprint density at radius 3 is 2.55 bits per heavy atom. The molecule has 29 heavy (non-hydrogen) atoms. The molecule has 3 aliphatic carbocycles. The topological polar surface area (TPSA) is 43.4 Å². The number of ketones is 1. The molecule has 0 aromatic heterocycles. The summed E-state index contributed by atoms with van der Waals surface area (Å²) in [5.41, 5.74) is 1.17. The summed E-state index contributed by atoms with van der Waals surface area (Å²) in [7, 11) is 1.45. The van der Waals surface area contributed by atoms with Crippen LogP contribution in [0.2, 0.25) is 0 Å². The van der Waals surface area contributed by atoms with Crippen molar-refractivity contribution in [3.05, 3.63) is 23.8 Å². The number of allylic oxidation sites excluding steroid dienone is 4. The van der Waals surface area contributed by atoms with Crippen LogP contribution in [0.25, 0.3) is 0 Å². The van der Waals surface area contributed by atoms with Crippen molar-refractivity contribution >= 4 is 11.8 Å². The molecule has 3 aliphatic rings. The molecule has 2 bridgehead atoms. The van der Waals surface area contributed by atoms with Crippen LogP contribution in [0, 0.1) is 29.6 Å². The molecule has 3 heteroatoms. The molecule has 0 aromatic carbocycles. The number of methoxy groups -OCH3 is 1. The lowest BCUT2D eigenvalue weighted by atomic mass is 9.78. The van der Waals surface area contributed by atoms with Gasteiger partial charge in [-0.15, -0.1) is 0 Å². The minimum absolute atomic E-state index is 0.121. The zero-order chi connectivity index (χ0) is 20.6. The van der Waals surface area contributed by atoms with Crippen LogP contribution >= 0.6 is 0 Å². The first-order valence-electron chi connectivity index (χ1n) is 12.2. The summed E-state index contributed by atoms with van der Waals surface area (Å²) in [5.74, 6) is 2.86. The summed E-state index contributed by atoms with van der Waals surface area (Å²) in [6.45, 7) is 2.26. The smallest absolute Gasteiger partial charge is 0.305 e. The average Bonchev–Trinajstić information content (AvgIpc) is 3.41. The van der Waals surface area contributed by atoms with Crippen molar-refractivity contribution < 1.29 is 14.3 Å². The Balaban J connectivity index is 1.52. The summed E-state index contributed by atoms with van der Waals surface area (Å²) in [6.07, 6.45) is 21.8. The first-order chi connectivity index (χ1) is 14.2. The maximum atomic E-state index is 13.2. The first kappa shape index (κ1) is 22.3. The van der Waals surface area contributed by atoms with Crippen molar-refractivity contribution in [2.75, 3.05) is 7.11 Å². The van der Waals surface area contributed by atoms with Crippen LogP contribution in [-0.2, 0) is 14.3 Å². The van der Waals surface area contributed by atoms with Crippen LogP contribution in [0.15, 0.2) is 23.8 Å². The number of carbonyl (C=O) groups is 2. The highest BCUT2D eigenvalue weighted by Crippen LogP contribution is 2.59. The zero-order valence-electron chi connectivity index (χ0n) is 18.5. The molecule has 0 aliphatic heterocycles. The number of fused-ring (bicyclic) bond motifs is 5. The second kappa shape index (κ2) is 11.1. The standard InChI is InChI=1S/C26H40O3/c1-3-4-5-6-7-10-13-21-22(14-11-8-9-12-15-23(27)29-2)26(28)25-20-17-16-19(18-20)24(21)25/h14,16-17,19-21,24-25H,3-13,15,18H2,1-2H3/b22-14+/t19-,20+,21+,24-,25-/m0/s1. The molecule has 0 N–H and O–H groups in total. The summed E-state index contributed by atoms with van der Waals surface area (Å²) in [5, 5.41) is 0. The molecular weight excluding hydrogens is 360 g/mol. The maximum Gasteiger partial charge on any atom is 0.305 e. The zero-order valence-corrected chi connectivity index (χ0v) is 18.5. The second-order valence-corrected chi connectivity index (χ2v) is 9.41. The summed E-state index contributed by atoms with van der Waals surface area (Å²) >= 11 is 0. The number of esters is 1. The average molecular weight is 401 g/mol. The van der Waals surface area contributed by atoms with E-state index in [1.54, 1.807) is 0 Å². The first-order valence-corrected chi connectivity index (χ1v) is 12.2. The van der Waals surface area contributed by atoms with E-state index in [2.05, 4.69) is 25.2 Å². The second-order valence-electron chi connectivity index (χ2n) is 9.41. The third-order valence-corrected chi connectivity index (χ3v) is 7.52. The molecule has 2 fully saturated rings. The van der Waals surface area contributed by atoms with Crippen molar-refractivity contribution in [3.63, 3.8) is 0 Å². The molecule has 5 atom stereocenters. The summed E-state index contributed by atoms with van der Waals surface area (Å²) < 4.78 is 4.70. The van der Waals surface area contributed by atoms with Crippen molar-refractivity contribution in [2.24, 2.45) is 29.6 Å². The predicted molar refractivity (Wildman–Crippen MR) is 117 cm³/mol. The molecule has 0 aromatic rings. The van der Waals surface area contributed by atoms with E-state index in [0.717, 1.165) is 25.7 Å². The van der Waals surface area contributed by atoms with Gasteiger partial charge in [0.1, 0.15) is 0 Å². The number of hydrogen-bond acceptors (Lipinski definition) is 3. The van der Waals surface area contributed by atoms with Crippen LogP contribution in [0.4, 0.5) is 0 Å². The number of unbranched alkanes of at least 4 members (excludes halogenated alkanes) is 8. The van der Waals surface area contributed by atoms with Gasteiger partial charge in [0.2, 0.25) is 0 Å². The minimum atomic E-state index is -0.121. The maximum absolute atomic E-state index is 13.2. The van der Waals surface area contributed by atoms with Crippen molar-refractivity contribution in [2.45, 2.75) is 90.4 Å². The summed E-state index contributed by atoms with van der Waals surface area (Å²) in [4.78, 5) is 24.5. The van der Waals surface area contributed by atoms with Gasteiger partial charge in [-0.2, -0.15) is 0 Å². The molecule has 0 unspecified atom stereocenters. The molecule has 0 spiro atoms. The van der Waals surface area contributed by atoms with E-state index in [1.165, 1.54) is 64.0 Å². The number of Topliss-reactive ketones (excluding diaryl/α,β-unsaturated/α-hetero) is 1. The number of rotatable bonds is 13. The van der Waals surface area contributed by atoms with E-state index >= 15 is 0 Å². The number of ether oxygens (including phenoxy) is 1. The number of hydrogen-bond donors (Lipinski definition) is 0. The molecule has 3 nitrogen and oxygen atoms in total. The van der Waals surface area contributed by atoms with Gasteiger partial charge < -0.3 is 4.74 Å². The van der Waals surface area contributed by atoms with E-state index in [1.807, 2.05) is 0 Å². The normalized spacial score (nSPS) is 31.0. The van der Waals surface area contributed by atoms with Gasteiger partial charge in [0.05, 0.1) is 7.11 Å². The fourth-order valence-electron chi connectivity index (χ4n) is 6.06. The van der Waals surface area contributed by atoms with Gasteiger partial charge in [-0.05, 0) is 61.3 Å². The largest absolute Gasteiger partial charge is 0.469 e. The third kappa shape index (κ3) is 5.41. The van der Waals surface area contributed by atoms with Gasteiger partial charge in [-0.25, -0.2) is 0 Å². The molecule has 2 saturated carbocycles. The third-order valence-electron chi connectivity index (χ3n) is 7.52. The molecule has 0 saturated heterocycles. The van der Waals surface area contributed by atoms with E-state index in [-0.39, 0.29) is 11.9 Å². The van der Waals surface area contributed by atoms with Gasteiger partial charge in [0, 0.05) is 12.3 Å². The lowest BCUT2D eigenvalue weighted by molar-refractivity contribution is -0.140. The highest BCUT2D eigenvalue weighted by molar-refractivity contribution is 6.01. The molecule has 3 rings (SSSR count). The lowest BCUT2D eigenvalue weighted by Crippen LogP contribution is -2.21. The van der Waals surface area contributed by atoms with Gasteiger partial charge >= 0.3 is 5.97 Å². The van der Waals surface area contributed by atoms with E-state index in [9.17, 15) is 9.59 Å². The predicted octanol–water partition coefficient (Wildman–Crippen LogP) is 6.42. The molecule has 0 amide bonds. The highest BCUT2D eigenvalue weighted by atomic mass is 16.5. The van der Waals surface area contributed by atoms with Crippen LogP contribution < -0.4 is 0 Å².